The lowest BCUT2D eigenvalue weighted by molar-refractivity contribution is 0.163. The Morgan fingerprint density at radius 2 is 2.07 bits per heavy atom. The first-order valence-electron chi connectivity index (χ1n) is 10.8. The van der Waals surface area contributed by atoms with Gasteiger partial charge in [0.25, 0.3) is 0 Å². The number of likely N-dealkylation sites (N-methyl/N-ethyl adjacent to an activating group) is 1. The van der Waals surface area contributed by atoms with Gasteiger partial charge in [-0.05, 0) is 37.4 Å². The molecule has 160 valence electrons. The maximum atomic E-state index is 4.64. The van der Waals surface area contributed by atoms with Crippen molar-refractivity contribution in [1.29, 1.82) is 0 Å². The van der Waals surface area contributed by atoms with Gasteiger partial charge >= 0.3 is 0 Å². The van der Waals surface area contributed by atoms with Crippen molar-refractivity contribution in [3.05, 3.63) is 53.4 Å². The molecule has 0 radical (unpaired) electrons. The number of nitrogens with one attached hydrogen (secondary N) is 2. The standard InChI is InChI=1S/C22H32N8/c1-4-18-19(8-6-7-17-14-25-28(3)15-17)26-27-22(18)20-13-21(24-16-23-20)30-11-9-29(5-2)10-12-30/h4,13-16,20H,1,5-12H2,2-3H3,(H,23,24)(H,26,27)/t20-/m1/s1. The van der Waals surface area contributed by atoms with Crippen molar-refractivity contribution in [2.45, 2.75) is 32.2 Å². The fourth-order valence-electron chi connectivity index (χ4n) is 4.19. The van der Waals surface area contributed by atoms with Crippen molar-refractivity contribution >= 4 is 12.4 Å². The molecule has 1 atom stereocenters. The minimum atomic E-state index is -0.00183. The highest BCUT2D eigenvalue weighted by Gasteiger charge is 2.24. The minimum absolute atomic E-state index is 0.00183. The number of aliphatic imine (C=N–C) groups is 1. The normalized spacial score (nSPS) is 19.6. The summed E-state index contributed by atoms with van der Waals surface area (Å²) in [7, 11) is 1.95. The molecule has 0 bridgehead atoms. The minimum Gasteiger partial charge on any atom is -0.364 e. The van der Waals surface area contributed by atoms with Crippen molar-refractivity contribution in [3.8, 4) is 0 Å². The van der Waals surface area contributed by atoms with Gasteiger partial charge in [-0.25, -0.2) is 4.99 Å². The molecule has 2 N–H and O–H groups in total. The summed E-state index contributed by atoms with van der Waals surface area (Å²) in [6.45, 7) is 11.6. The zero-order valence-corrected chi connectivity index (χ0v) is 18.0. The van der Waals surface area contributed by atoms with Crippen LogP contribution < -0.4 is 5.32 Å². The fourth-order valence-corrected chi connectivity index (χ4v) is 4.19. The third-order valence-corrected chi connectivity index (χ3v) is 5.97. The topological polar surface area (TPSA) is 77.4 Å². The first kappa shape index (κ1) is 20.4. The monoisotopic (exact) mass is 408 g/mol. The predicted octanol–water partition coefficient (Wildman–Crippen LogP) is 2.11. The third kappa shape index (κ3) is 4.48. The maximum absolute atomic E-state index is 4.64. The number of aromatic nitrogens is 4. The largest absolute Gasteiger partial charge is 0.364 e. The molecule has 4 heterocycles. The zero-order chi connectivity index (χ0) is 20.9. The van der Waals surface area contributed by atoms with Crippen LogP contribution in [0.4, 0.5) is 0 Å². The van der Waals surface area contributed by atoms with Crippen LogP contribution in [0.3, 0.4) is 0 Å². The molecule has 2 aromatic heterocycles. The lowest BCUT2D eigenvalue weighted by atomic mass is 10.0. The van der Waals surface area contributed by atoms with Crippen molar-refractivity contribution in [3.63, 3.8) is 0 Å². The molecule has 0 aliphatic carbocycles. The maximum Gasteiger partial charge on any atom is 0.128 e. The van der Waals surface area contributed by atoms with E-state index in [0.29, 0.717) is 0 Å². The van der Waals surface area contributed by atoms with Crippen molar-refractivity contribution in [2.24, 2.45) is 12.0 Å². The fraction of sp³-hybridized carbons (Fsp3) is 0.500. The molecule has 8 nitrogen and oxygen atoms in total. The van der Waals surface area contributed by atoms with Gasteiger partial charge in [-0.3, -0.25) is 9.78 Å². The van der Waals surface area contributed by atoms with Crippen LogP contribution in [0.15, 0.2) is 35.9 Å². The molecule has 2 aliphatic heterocycles. The number of aryl methyl sites for hydroxylation is 3. The van der Waals surface area contributed by atoms with Crippen LogP contribution in [0.25, 0.3) is 6.08 Å². The van der Waals surface area contributed by atoms with Gasteiger partial charge in [0.2, 0.25) is 0 Å². The van der Waals surface area contributed by atoms with E-state index in [4.69, 9.17) is 0 Å². The SMILES string of the molecule is C=Cc1c([C@H]2C=C(N3CCN(CC)CC3)N=CN2)n[nH]c1CCCc1cnn(C)c1. The average Bonchev–Trinajstić information content (AvgIpc) is 3.39. The Morgan fingerprint density at radius 3 is 2.77 bits per heavy atom. The van der Waals surface area contributed by atoms with E-state index >= 15 is 0 Å². The molecule has 2 aliphatic rings. The smallest absolute Gasteiger partial charge is 0.128 e. The highest BCUT2D eigenvalue weighted by Crippen LogP contribution is 2.26. The lowest BCUT2D eigenvalue weighted by Crippen LogP contribution is -2.46. The van der Waals surface area contributed by atoms with E-state index in [1.807, 2.05) is 24.0 Å². The molecule has 4 rings (SSSR count). The Balaban J connectivity index is 1.42. The van der Waals surface area contributed by atoms with Gasteiger partial charge in [0.1, 0.15) is 5.82 Å². The van der Waals surface area contributed by atoms with Crippen molar-refractivity contribution in [1.82, 2.24) is 35.1 Å². The summed E-state index contributed by atoms with van der Waals surface area (Å²) >= 11 is 0. The van der Waals surface area contributed by atoms with E-state index in [2.05, 4.69) is 61.2 Å². The molecular formula is C22H32N8. The number of aromatic amines is 1. The predicted molar refractivity (Wildman–Crippen MR) is 120 cm³/mol. The number of nitrogens with zero attached hydrogens (tertiary/aromatic N) is 6. The van der Waals surface area contributed by atoms with Gasteiger partial charge < -0.3 is 15.1 Å². The number of hydrogen-bond acceptors (Lipinski definition) is 6. The van der Waals surface area contributed by atoms with Gasteiger partial charge in [-0.2, -0.15) is 10.2 Å². The van der Waals surface area contributed by atoms with E-state index in [0.717, 1.165) is 74.8 Å². The Kier molecular flexibility index (Phi) is 6.32. The Bertz CT molecular complexity index is 913. The Labute approximate surface area is 178 Å². The number of piperazine rings is 1. The Morgan fingerprint density at radius 1 is 1.23 bits per heavy atom. The van der Waals surface area contributed by atoms with Crippen molar-refractivity contribution < 1.29 is 0 Å². The third-order valence-electron chi connectivity index (χ3n) is 5.97. The van der Waals surface area contributed by atoms with E-state index < -0.39 is 0 Å². The van der Waals surface area contributed by atoms with Gasteiger partial charge in [0.15, 0.2) is 0 Å². The number of H-pyrrole nitrogens is 1. The molecule has 0 aromatic carbocycles. The summed E-state index contributed by atoms with van der Waals surface area (Å²) in [5.74, 6) is 1.03. The molecule has 0 saturated carbocycles. The molecule has 30 heavy (non-hydrogen) atoms. The summed E-state index contributed by atoms with van der Waals surface area (Å²) < 4.78 is 1.85. The summed E-state index contributed by atoms with van der Waals surface area (Å²) in [5, 5.41) is 15.5. The van der Waals surface area contributed by atoms with Crippen LogP contribution in [0, 0.1) is 0 Å². The quantitative estimate of drug-likeness (QED) is 0.700. The van der Waals surface area contributed by atoms with E-state index in [9.17, 15) is 0 Å². The van der Waals surface area contributed by atoms with Crippen LogP contribution in [-0.2, 0) is 19.9 Å². The van der Waals surface area contributed by atoms with Crippen LogP contribution in [0.5, 0.6) is 0 Å². The number of rotatable bonds is 8. The second-order valence-corrected chi connectivity index (χ2v) is 7.93. The van der Waals surface area contributed by atoms with E-state index in [1.54, 1.807) is 6.34 Å². The van der Waals surface area contributed by atoms with Gasteiger partial charge in [-0.15, -0.1) is 0 Å². The molecule has 0 unspecified atom stereocenters. The van der Waals surface area contributed by atoms with Crippen molar-refractivity contribution in [2.75, 3.05) is 32.7 Å². The molecule has 2 aromatic rings. The first-order valence-corrected chi connectivity index (χ1v) is 10.8. The first-order chi connectivity index (χ1) is 14.7. The van der Waals surface area contributed by atoms with Crippen LogP contribution in [-0.4, -0.2) is 68.8 Å². The zero-order valence-electron chi connectivity index (χ0n) is 18.0. The molecular weight excluding hydrogens is 376 g/mol. The number of hydrogen-bond donors (Lipinski definition) is 2. The summed E-state index contributed by atoms with van der Waals surface area (Å²) in [6, 6.07) is -0.00183. The molecule has 1 fully saturated rings. The van der Waals surface area contributed by atoms with Gasteiger partial charge in [-0.1, -0.05) is 19.6 Å². The lowest BCUT2D eigenvalue weighted by Gasteiger charge is -2.36. The van der Waals surface area contributed by atoms with Crippen LogP contribution in [0.2, 0.25) is 0 Å². The van der Waals surface area contributed by atoms with Crippen LogP contribution >= 0.6 is 0 Å². The second-order valence-electron chi connectivity index (χ2n) is 7.93. The Hall–Kier alpha value is -2.87. The molecule has 8 heteroatoms. The highest BCUT2D eigenvalue weighted by molar-refractivity contribution is 5.62. The van der Waals surface area contributed by atoms with Crippen LogP contribution in [0.1, 0.15) is 41.9 Å². The molecule has 0 amide bonds. The van der Waals surface area contributed by atoms with E-state index in [1.165, 1.54) is 5.56 Å². The molecule has 0 spiro atoms. The average molecular weight is 409 g/mol. The summed E-state index contributed by atoms with van der Waals surface area (Å²) in [4.78, 5) is 9.43. The van der Waals surface area contributed by atoms with Gasteiger partial charge in [0, 0.05) is 50.7 Å². The summed E-state index contributed by atoms with van der Waals surface area (Å²) in [6.07, 6.45) is 12.9. The van der Waals surface area contributed by atoms with Gasteiger partial charge in [0.05, 0.1) is 24.3 Å². The second kappa shape index (κ2) is 9.30. The summed E-state index contributed by atoms with van der Waals surface area (Å²) in [5.41, 5.74) is 4.48. The van der Waals surface area contributed by atoms with E-state index in [-0.39, 0.29) is 6.04 Å². The highest BCUT2D eigenvalue weighted by atomic mass is 15.3. The molecule has 1 saturated heterocycles.